The molecule has 190 valence electrons. The zero-order chi connectivity index (χ0) is 25.5. The number of benzene rings is 3. The van der Waals surface area contributed by atoms with E-state index in [4.69, 9.17) is 9.47 Å². The molecule has 1 N–H and O–H groups in total. The van der Waals surface area contributed by atoms with Crippen molar-refractivity contribution in [3.63, 3.8) is 0 Å². The average Bonchev–Trinajstić information content (AvgIpc) is 2.87. The predicted molar refractivity (Wildman–Crippen MR) is 134 cm³/mol. The van der Waals surface area contributed by atoms with Crippen LogP contribution in [-0.4, -0.2) is 46.4 Å². The number of ether oxygens (including phenoxy) is 2. The van der Waals surface area contributed by atoms with E-state index in [2.05, 4.69) is 5.32 Å². The van der Waals surface area contributed by atoms with Crippen molar-refractivity contribution in [3.05, 3.63) is 83.9 Å². The maximum atomic E-state index is 13.9. The fourth-order valence-electron chi connectivity index (χ4n) is 3.50. The standard InChI is InChI=1S/C25H24F2N2O5S2/c26-19-5-3-6-20(14-19)29(36(31,32)21-8-9-23-24(15-21)34-12-11-33-23)16-25(30)28-10-13-35-17-18-4-1-2-7-22(18)27/h1-9,14-15H,10-13,16-17H2,(H,28,30). The summed E-state index contributed by atoms with van der Waals surface area (Å²) in [7, 11) is -4.25. The summed E-state index contributed by atoms with van der Waals surface area (Å²) in [6.07, 6.45) is 0. The summed E-state index contributed by atoms with van der Waals surface area (Å²) in [5.41, 5.74) is 0.575. The lowest BCUT2D eigenvalue weighted by Gasteiger charge is -2.25. The number of hydrogen-bond acceptors (Lipinski definition) is 6. The largest absolute Gasteiger partial charge is 0.486 e. The lowest BCUT2D eigenvalue weighted by Crippen LogP contribution is -2.41. The van der Waals surface area contributed by atoms with E-state index in [1.807, 2.05) is 0 Å². The first kappa shape index (κ1) is 25.8. The van der Waals surface area contributed by atoms with Gasteiger partial charge in [0.2, 0.25) is 5.91 Å². The van der Waals surface area contributed by atoms with Gasteiger partial charge in [-0.05, 0) is 42.0 Å². The highest BCUT2D eigenvalue weighted by Crippen LogP contribution is 2.34. The van der Waals surface area contributed by atoms with Crippen molar-refractivity contribution in [3.8, 4) is 11.5 Å². The molecule has 0 saturated heterocycles. The van der Waals surface area contributed by atoms with E-state index >= 15 is 0 Å². The molecule has 3 aromatic carbocycles. The first-order valence-electron chi connectivity index (χ1n) is 11.1. The van der Waals surface area contributed by atoms with Crippen LogP contribution >= 0.6 is 11.8 Å². The number of carbonyl (C=O) groups is 1. The summed E-state index contributed by atoms with van der Waals surface area (Å²) in [5.74, 6) is 0.141. The molecule has 36 heavy (non-hydrogen) atoms. The molecule has 1 aliphatic heterocycles. The Balaban J connectivity index is 1.44. The molecule has 7 nitrogen and oxygen atoms in total. The molecule has 1 aliphatic rings. The molecule has 0 fully saturated rings. The maximum absolute atomic E-state index is 13.9. The van der Waals surface area contributed by atoms with Crippen molar-refractivity contribution in [2.24, 2.45) is 0 Å². The molecule has 0 spiro atoms. The van der Waals surface area contributed by atoms with E-state index in [-0.39, 0.29) is 35.3 Å². The van der Waals surface area contributed by atoms with Gasteiger partial charge in [0, 0.05) is 24.1 Å². The van der Waals surface area contributed by atoms with E-state index in [0.29, 0.717) is 29.4 Å². The molecule has 0 saturated carbocycles. The first-order valence-corrected chi connectivity index (χ1v) is 13.7. The van der Waals surface area contributed by atoms with Crippen molar-refractivity contribution < 1.29 is 31.5 Å². The lowest BCUT2D eigenvalue weighted by atomic mass is 10.2. The molecule has 3 aromatic rings. The van der Waals surface area contributed by atoms with Gasteiger partial charge in [-0.15, -0.1) is 0 Å². The second kappa shape index (κ2) is 11.6. The van der Waals surface area contributed by atoms with Crippen LogP contribution in [0.1, 0.15) is 5.56 Å². The number of sulfonamides is 1. The first-order chi connectivity index (χ1) is 17.3. The van der Waals surface area contributed by atoms with E-state index in [9.17, 15) is 22.0 Å². The highest BCUT2D eigenvalue weighted by Gasteiger charge is 2.29. The highest BCUT2D eigenvalue weighted by atomic mass is 32.2. The monoisotopic (exact) mass is 534 g/mol. The van der Waals surface area contributed by atoms with Gasteiger partial charge in [-0.3, -0.25) is 9.10 Å². The van der Waals surface area contributed by atoms with E-state index in [1.54, 1.807) is 18.2 Å². The van der Waals surface area contributed by atoms with Crippen LogP contribution in [0.15, 0.2) is 71.6 Å². The molecule has 0 atom stereocenters. The molecule has 1 heterocycles. The van der Waals surface area contributed by atoms with Crippen LogP contribution < -0.4 is 19.1 Å². The average molecular weight is 535 g/mol. The smallest absolute Gasteiger partial charge is 0.264 e. The number of thioether (sulfide) groups is 1. The second-order valence-corrected chi connectivity index (χ2v) is 10.8. The van der Waals surface area contributed by atoms with Crippen molar-refractivity contribution in [2.75, 3.05) is 36.4 Å². The number of halogens is 2. The van der Waals surface area contributed by atoms with Gasteiger partial charge < -0.3 is 14.8 Å². The van der Waals surface area contributed by atoms with Crippen LogP contribution in [0.2, 0.25) is 0 Å². The number of carbonyl (C=O) groups excluding carboxylic acids is 1. The fraction of sp³-hybridized carbons (Fsp3) is 0.240. The van der Waals surface area contributed by atoms with Crippen LogP contribution in [0.5, 0.6) is 11.5 Å². The maximum Gasteiger partial charge on any atom is 0.264 e. The molecule has 0 aliphatic carbocycles. The second-order valence-electron chi connectivity index (χ2n) is 7.79. The minimum absolute atomic E-state index is 0.00830. The SMILES string of the molecule is O=C(CN(c1cccc(F)c1)S(=O)(=O)c1ccc2c(c1)OCCO2)NCCSCc1ccccc1F. The van der Waals surface area contributed by atoms with Gasteiger partial charge in [-0.25, -0.2) is 17.2 Å². The van der Waals surface area contributed by atoms with Gasteiger partial charge in [0.25, 0.3) is 10.0 Å². The summed E-state index contributed by atoms with van der Waals surface area (Å²) >= 11 is 1.43. The summed E-state index contributed by atoms with van der Waals surface area (Å²) in [4.78, 5) is 12.6. The van der Waals surface area contributed by atoms with E-state index in [0.717, 1.165) is 10.4 Å². The molecule has 0 bridgehead atoms. The number of fused-ring (bicyclic) bond motifs is 1. The third-order valence-electron chi connectivity index (χ3n) is 5.27. The van der Waals surface area contributed by atoms with Crippen LogP contribution in [0.4, 0.5) is 14.5 Å². The van der Waals surface area contributed by atoms with Gasteiger partial charge in [0.05, 0.1) is 10.6 Å². The summed E-state index contributed by atoms with van der Waals surface area (Å²) < 4.78 is 66.5. The fourth-order valence-corrected chi connectivity index (χ4v) is 5.78. The number of hydrogen-bond donors (Lipinski definition) is 1. The normalized spacial score (nSPS) is 12.7. The highest BCUT2D eigenvalue weighted by molar-refractivity contribution is 7.98. The zero-order valence-electron chi connectivity index (χ0n) is 19.2. The topological polar surface area (TPSA) is 84.9 Å². The van der Waals surface area contributed by atoms with E-state index in [1.165, 1.54) is 54.2 Å². The molecule has 1 amide bonds. The van der Waals surface area contributed by atoms with Crippen LogP contribution in [-0.2, 0) is 20.6 Å². The Bertz CT molecular complexity index is 1340. The van der Waals surface area contributed by atoms with Crippen LogP contribution in [0, 0.1) is 11.6 Å². The molecule has 11 heteroatoms. The zero-order valence-corrected chi connectivity index (χ0v) is 20.8. The minimum Gasteiger partial charge on any atom is -0.486 e. The van der Waals surface area contributed by atoms with Gasteiger partial charge in [0.15, 0.2) is 11.5 Å². The van der Waals surface area contributed by atoms with Crippen molar-refractivity contribution in [1.82, 2.24) is 5.32 Å². The summed E-state index contributed by atoms with van der Waals surface area (Å²) in [6.45, 7) is 0.325. The molecule has 0 aromatic heterocycles. The summed E-state index contributed by atoms with van der Waals surface area (Å²) in [5, 5.41) is 2.67. The Labute approximate surface area is 212 Å². The van der Waals surface area contributed by atoms with Gasteiger partial charge in [0.1, 0.15) is 31.4 Å². The van der Waals surface area contributed by atoms with Crippen molar-refractivity contribution in [2.45, 2.75) is 10.6 Å². The van der Waals surface area contributed by atoms with E-state index < -0.39 is 28.3 Å². The molecule has 0 unspecified atom stereocenters. The number of rotatable bonds is 10. The Kier molecular flexibility index (Phi) is 8.32. The van der Waals surface area contributed by atoms with Gasteiger partial charge in [-0.2, -0.15) is 11.8 Å². The molecule has 0 radical (unpaired) electrons. The third kappa shape index (κ3) is 6.27. The van der Waals surface area contributed by atoms with Crippen molar-refractivity contribution >= 4 is 33.4 Å². The lowest BCUT2D eigenvalue weighted by molar-refractivity contribution is -0.119. The third-order valence-corrected chi connectivity index (χ3v) is 8.05. The quantitative estimate of drug-likeness (QED) is 0.396. The minimum atomic E-state index is -4.25. The van der Waals surface area contributed by atoms with Crippen LogP contribution in [0.3, 0.4) is 0 Å². The van der Waals surface area contributed by atoms with Crippen molar-refractivity contribution in [1.29, 1.82) is 0 Å². The van der Waals surface area contributed by atoms with Gasteiger partial charge >= 0.3 is 0 Å². The number of anilines is 1. The molecular formula is C25H24F2N2O5S2. The number of amides is 1. The van der Waals surface area contributed by atoms with Crippen LogP contribution in [0.25, 0.3) is 0 Å². The summed E-state index contributed by atoms with van der Waals surface area (Å²) in [6, 6.07) is 15.6. The Morgan fingerprint density at radius 3 is 2.53 bits per heavy atom. The number of nitrogens with zero attached hydrogens (tertiary/aromatic N) is 1. The molecular weight excluding hydrogens is 510 g/mol. The van der Waals surface area contributed by atoms with Gasteiger partial charge in [-0.1, -0.05) is 24.3 Å². The predicted octanol–water partition coefficient (Wildman–Crippen LogP) is 3.98. The Morgan fingerprint density at radius 1 is 0.972 bits per heavy atom. The molecule has 4 rings (SSSR count). The Morgan fingerprint density at radius 2 is 1.75 bits per heavy atom. The number of nitrogens with one attached hydrogen (secondary N) is 1. The Hall–Kier alpha value is -3.31.